The molecule has 0 aliphatic heterocycles. The summed E-state index contributed by atoms with van der Waals surface area (Å²) in [6.07, 6.45) is 0. The Hall–Kier alpha value is -3.15. The lowest BCUT2D eigenvalue weighted by Crippen LogP contribution is -2.22. The van der Waals surface area contributed by atoms with Gasteiger partial charge in [0.1, 0.15) is 0 Å². The van der Waals surface area contributed by atoms with Gasteiger partial charge in [-0.05, 0) is 36.4 Å². The molecular weight excluding hydrogens is 308 g/mol. The number of esters is 1. The molecule has 0 unspecified atom stereocenters. The Balaban J connectivity index is 1.86. The van der Waals surface area contributed by atoms with Gasteiger partial charge in [0.2, 0.25) is 0 Å². The first-order valence-corrected chi connectivity index (χ1v) is 7.31. The van der Waals surface area contributed by atoms with Gasteiger partial charge in [0, 0.05) is 25.3 Å². The van der Waals surface area contributed by atoms with E-state index in [9.17, 15) is 14.4 Å². The normalized spacial score (nSPS) is 9.92. The van der Waals surface area contributed by atoms with E-state index in [2.05, 4.69) is 5.32 Å². The van der Waals surface area contributed by atoms with Crippen molar-refractivity contribution in [2.45, 2.75) is 0 Å². The third-order valence-corrected chi connectivity index (χ3v) is 3.17. The van der Waals surface area contributed by atoms with Crippen molar-refractivity contribution in [3.63, 3.8) is 0 Å². The Morgan fingerprint density at radius 1 is 0.917 bits per heavy atom. The summed E-state index contributed by atoms with van der Waals surface area (Å²) in [5.41, 5.74) is 1.43. The molecule has 2 aromatic rings. The Morgan fingerprint density at radius 2 is 1.54 bits per heavy atom. The van der Waals surface area contributed by atoms with Crippen LogP contribution in [0.2, 0.25) is 0 Å². The van der Waals surface area contributed by atoms with Crippen LogP contribution >= 0.6 is 0 Å². The summed E-state index contributed by atoms with van der Waals surface area (Å²) in [5, 5.41) is 2.60. The highest BCUT2D eigenvalue weighted by Gasteiger charge is 2.11. The van der Waals surface area contributed by atoms with Crippen LogP contribution in [0.4, 0.5) is 5.69 Å². The summed E-state index contributed by atoms with van der Waals surface area (Å²) in [6, 6.07) is 14.9. The van der Waals surface area contributed by atoms with E-state index in [1.165, 1.54) is 4.90 Å². The van der Waals surface area contributed by atoms with E-state index in [-0.39, 0.29) is 12.5 Å². The van der Waals surface area contributed by atoms with Gasteiger partial charge in [-0.15, -0.1) is 0 Å². The fourth-order valence-corrected chi connectivity index (χ4v) is 1.94. The molecule has 0 bridgehead atoms. The van der Waals surface area contributed by atoms with Crippen molar-refractivity contribution in [3.05, 3.63) is 65.7 Å². The highest BCUT2D eigenvalue weighted by atomic mass is 16.5. The number of rotatable bonds is 5. The van der Waals surface area contributed by atoms with Gasteiger partial charge < -0.3 is 15.0 Å². The van der Waals surface area contributed by atoms with Crippen LogP contribution in [0.1, 0.15) is 20.7 Å². The topological polar surface area (TPSA) is 75.7 Å². The molecular formula is C18H18N2O4. The summed E-state index contributed by atoms with van der Waals surface area (Å²) in [5.74, 6) is -1.13. The Bertz CT molecular complexity index is 724. The Morgan fingerprint density at radius 3 is 2.12 bits per heavy atom. The van der Waals surface area contributed by atoms with Crippen LogP contribution in [-0.4, -0.2) is 43.4 Å². The zero-order valence-electron chi connectivity index (χ0n) is 13.5. The van der Waals surface area contributed by atoms with E-state index < -0.39 is 11.9 Å². The maximum Gasteiger partial charge on any atom is 0.338 e. The van der Waals surface area contributed by atoms with Crippen molar-refractivity contribution in [2.75, 3.05) is 26.0 Å². The summed E-state index contributed by atoms with van der Waals surface area (Å²) < 4.78 is 4.94. The minimum Gasteiger partial charge on any atom is -0.452 e. The number of nitrogens with zero attached hydrogens (tertiary/aromatic N) is 1. The van der Waals surface area contributed by atoms with Gasteiger partial charge in [0.05, 0.1) is 5.56 Å². The summed E-state index contributed by atoms with van der Waals surface area (Å²) >= 11 is 0. The number of hydrogen-bond acceptors (Lipinski definition) is 4. The van der Waals surface area contributed by atoms with Gasteiger partial charge in [0.25, 0.3) is 11.8 Å². The number of anilines is 1. The molecule has 6 nitrogen and oxygen atoms in total. The molecule has 0 aromatic heterocycles. The van der Waals surface area contributed by atoms with Crippen molar-refractivity contribution in [2.24, 2.45) is 0 Å². The second-order valence-corrected chi connectivity index (χ2v) is 5.27. The van der Waals surface area contributed by atoms with Crippen LogP contribution in [0.15, 0.2) is 54.6 Å². The molecule has 0 saturated carbocycles. The first-order chi connectivity index (χ1) is 11.5. The Labute approximate surface area is 140 Å². The smallest absolute Gasteiger partial charge is 0.338 e. The molecule has 24 heavy (non-hydrogen) atoms. The molecule has 0 fully saturated rings. The lowest BCUT2D eigenvalue weighted by Gasteiger charge is -2.11. The van der Waals surface area contributed by atoms with Gasteiger partial charge in [-0.2, -0.15) is 0 Å². The minimum atomic E-state index is -0.558. The fourth-order valence-electron chi connectivity index (χ4n) is 1.94. The predicted octanol–water partition coefficient (Wildman–Crippen LogP) is 2.18. The zero-order chi connectivity index (χ0) is 17.5. The maximum atomic E-state index is 11.8. The molecule has 0 aliphatic carbocycles. The highest BCUT2D eigenvalue weighted by Crippen LogP contribution is 2.11. The molecule has 0 spiro atoms. The molecule has 6 heteroatoms. The molecule has 1 N–H and O–H groups in total. The molecule has 0 heterocycles. The predicted molar refractivity (Wildman–Crippen MR) is 89.8 cm³/mol. The standard InChI is InChI=1S/C18H18N2O4/c1-20(2)17(22)13-8-10-15(11-9-13)19-16(21)12-24-18(23)14-6-4-3-5-7-14/h3-11H,12H2,1-2H3,(H,19,21). The van der Waals surface area contributed by atoms with Crippen molar-refractivity contribution in [1.82, 2.24) is 4.90 Å². The van der Waals surface area contributed by atoms with Crippen molar-refractivity contribution < 1.29 is 19.1 Å². The molecule has 2 rings (SSSR count). The molecule has 0 atom stereocenters. The fraction of sp³-hybridized carbons (Fsp3) is 0.167. The summed E-state index contributed by atoms with van der Waals surface area (Å²) in [7, 11) is 3.33. The largest absolute Gasteiger partial charge is 0.452 e. The van der Waals surface area contributed by atoms with E-state index in [4.69, 9.17) is 4.74 Å². The lowest BCUT2D eigenvalue weighted by atomic mass is 10.2. The number of ether oxygens (including phenoxy) is 1. The van der Waals surface area contributed by atoms with Gasteiger partial charge >= 0.3 is 5.97 Å². The van der Waals surface area contributed by atoms with E-state index in [0.29, 0.717) is 16.8 Å². The van der Waals surface area contributed by atoms with Gasteiger partial charge in [0.15, 0.2) is 6.61 Å². The molecule has 0 saturated heterocycles. The first kappa shape index (κ1) is 17.2. The van der Waals surface area contributed by atoms with Crippen LogP contribution in [-0.2, 0) is 9.53 Å². The van der Waals surface area contributed by atoms with E-state index >= 15 is 0 Å². The van der Waals surface area contributed by atoms with Crippen LogP contribution in [0, 0.1) is 0 Å². The SMILES string of the molecule is CN(C)C(=O)c1ccc(NC(=O)COC(=O)c2ccccc2)cc1. The van der Waals surface area contributed by atoms with E-state index in [0.717, 1.165) is 0 Å². The van der Waals surface area contributed by atoms with Crippen molar-refractivity contribution >= 4 is 23.5 Å². The number of hydrogen-bond donors (Lipinski definition) is 1. The summed E-state index contributed by atoms with van der Waals surface area (Å²) in [6.45, 7) is -0.383. The third kappa shape index (κ3) is 4.67. The molecule has 0 aliphatic rings. The molecule has 124 valence electrons. The van der Waals surface area contributed by atoms with Crippen LogP contribution in [0.25, 0.3) is 0 Å². The lowest BCUT2D eigenvalue weighted by molar-refractivity contribution is -0.119. The second-order valence-electron chi connectivity index (χ2n) is 5.27. The van der Waals surface area contributed by atoms with Gasteiger partial charge in [-0.3, -0.25) is 9.59 Å². The first-order valence-electron chi connectivity index (χ1n) is 7.31. The number of benzene rings is 2. The monoisotopic (exact) mass is 326 g/mol. The van der Waals surface area contributed by atoms with Gasteiger partial charge in [-0.25, -0.2) is 4.79 Å². The number of carbonyl (C=O) groups is 3. The maximum absolute atomic E-state index is 11.8. The van der Waals surface area contributed by atoms with Gasteiger partial charge in [-0.1, -0.05) is 18.2 Å². The van der Waals surface area contributed by atoms with E-state index in [1.54, 1.807) is 68.7 Å². The van der Waals surface area contributed by atoms with Crippen molar-refractivity contribution in [1.29, 1.82) is 0 Å². The van der Waals surface area contributed by atoms with Crippen LogP contribution in [0.5, 0.6) is 0 Å². The number of carbonyl (C=O) groups excluding carboxylic acids is 3. The van der Waals surface area contributed by atoms with Crippen molar-refractivity contribution in [3.8, 4) is 0 Å². The second kappa shape index (κ2) is 7.92. The quantitative estimate of drug-likeness (QED) is 0.855. The molecule has 2 amide bonds. The molecule has 0 radical (unpaired) electrons. The number of nitrogens with one attached hydrogen (secondary N) is 1. The van der Waals surface area contributed by atoms with E-state index in [1.807, 2.05) is 0 Å². The average Bonchev–Trinajstić information content (AvgIpc) is 2.60. The number of amides is 2. The third-order valence-electron chi connectivity index (χ3n) is 3.17. The summed E-state index contributed by atoms with van der Waals surface area (Å²) in [4.78, 5) is 36.8. The van der Waals surface area contributed by atoms with Crippen LogP contribution in [0.3, 0.4) is 0 Å². The molecule has 2 aromatic carbocycles. The average molecular weight is 326 g/mol. The van der Waals surface area contributed by atoms with Crippen LogP contribution < -0.4 is 5.32 Å². The zero-order valence-corrected chi connectivity index (χ0v) is 13.5. The Kier molecular flexibility index (Phi) is 5.68. The highest BCUT2D eigenvalue weighted by molar-refractivity contribution is 5.97. The minimum absolute atomic E-state index is 0.121.